The largest absolute Gasteiger partial charge is 0.381 e. The van der Waals surface area contributed by atoms with Gasteiger partial charge in [-0.05, 0) is 43.7 Å². The van der Waals surface area contributed by atoms with Gasteiger partial charge in [0.15, 0.2) is 5.65 Å². The summed E-state index contributed by atoms with van der Waals surface area (Å²) in [5.41, 5.74) is 2.05. The monoisotopic (exact) mass is 260 g/mol. The van der Waals surface area contributed by atoms with Crippen molar-refractivity contribution in [3.05, 3.63) is 23.9 Å². The molecule has 0 aliphatic heterocycles. The molecular weight excluding hydrogens is 240 g/mol. The number of pyridine rings is 1. The quantitative estimate of drug-likeness (QED) is 0.776. The smallest absolute Gasteiger partial charge is 0.243 e. The van der Waals surface area contributed by atoms with Gasteiger partial charge in [0.05, 0.1) is 0 Å². The first kappa shape index (κ1) is 12.4. The van der Waals surface area contributed by atoms with Crippen LogP contribution in [-0.2, 0) is 4.74 Å². The van der Waals surface area contributed by atoms with Crippen LogP contribution >= 0.6 is 0 Å². The molecule has 1 aliphatic rings. The summed E-state index contributed by atoms with van der Waals surface area (Å²) in [4.78, 5) is 4.47. The predicted molar refractivity (Wildman–Crippen MR) is 74.4 cm³/mol. The molecule has 2 heterocycles. The fraction of sp³-hybridized carbons (Fsp3) is 0.571. The van der Waals surface area contributed by atoms with Gasteiger partial charge in [0, 0.05) is 26.0 Å². The minimum Gasteiger partial charge on any atom is -0.381 e. The highest BCUT2D eigenvalue weighted by atomic mass is 16.5. The van der Waals surface area contributed by atoms with Crippen molar-refractivity contribution in [1.29, 1.82) is 0 Å². The van der Waals surface area contributed by atoms with E-state index in [2.05, 4.69) is 15.4 Å². The van der Waals surface area contributed by atoms with Crippen molar-refractivity contribution in [3.63, 3.8) is 0 Å². The third-order valence-corrected chi connectivity index (χ3v) is 3.36. The maximum absolute atomic E-state index is 5.59. The molecule has 102 valence electrons. The van der Waals surface area contributed by atoms with Gasteiger partial charge in [-0.3, -0.25) is 0 Å². The van der Waals surface area contributed by atoms with Gasteiger partial charge in [-0.15, -0.1) is 5.10 Å². The van der Waals surface area contributed by atoms with E-state index in [0.29, 0.717) is 5.95 Å². The topological polar surface area (TPSA) is 51.5 Å². The highest BCUT2D eigenvalue weighted by molar-refractivity contribution is 5.49. The fourth-order valence-corrected chi connectivity index (χ4v) is 2.02. The molecule has 0 bridgehead atoms. The Bertz CT molecular complexity index is 547. The second kappa shape index (κ2) is 5.57. The van der Waals surface area contributed by atoms with Crippen LogP contribution in [0.15, 0.2) is 18.3 Å². The van der Waals surface area contributed by atoms with Crippen LogP contribution in [0.1, 0.15) is 24.8 Å². The Morgan fingerprint density at radius 2 is 2.37 bits per heavy atom. The molecule has 1 aliphatic carbocycles. The van der Waals surface area contributed by atoms with Crippen LogP contribution in [-0.4, -0.2) is 34.4 Å². The lowest BCUT2D eigenvalue weighted by atomic mass is 10.3. The van der Waals surface area contributed by atoms with E-state index in [1.807, 2.05) is 25.3 Å². The molecule has 0 aromatic carbocycles. The van der Waals surface area contributed by atoms with E-state index < -0.39 is 0 Å². The molecule has 1 fully saturated rings. The molecule has 19 heavy (non-hydrogen) atoms. The molecule has 1 N–H and O–H groups in total. The van der Waals surface area contributed by atoms with E-state index in [0.717, 1.165) is 43.3 Å². The Balaban J connectivity index is 1.44. The number of anilines is 1. The first-order valence-corrected chi connectivity index (χ1v) is 6.96. The van der Waals surface area contributed by atoms with Gasteiger partial charge in [-0.2, -0.15) is 4.98 Å². The van der Waals surface area contributed by atoms with E-state index in [4.69, 9.17) is 4.74 Å². The van der Waals surface area contributed by atoms with Gasteiger partial charge in [-0.25, -0.2) is 4.52 Å². The van der Waals surface area contributed by atoms with E-state index >= 15 is 0 Å². The molecule has 5 heteroatoms. The van der Waals surface area contributed by atoms with Crippen molar-refractivity contribution in [1.82, 2.24) is 14.6 Å². The summed E-state index contributed by atoms with van der Waals surface area (Å²) in [6.45, 7) is 4.64. The summed E-state index contributed by atoms with van der Waals surface area (Å²) in [6.07, 6.45) is 5.60. The summed E-state index contributed by atoms with van der Waals surface area (Å²) < 4.78 is 7.39. The maximum Gasteiger partial charge on any atom is 0.243 e. The summed E-state index contributed by atoms with van der Waals surface area (Å²) in [5, 5.41) is 7.63. The molecule has 5 nitrogen and oxygen atoms in total. The zero-order valence-electron chi connectivity index (χ0n) is 11.3. The lowest BCUT2D eigenvalue weighted by molar-refractivity contribution is 0.124. The molecule has 3 rings (SSSR count). The lowest BCUT2D eigenvalue weighted by Gasteiger charge is -2.03. The number of ether oxygens (including phenoxy) is 1. The van der Waals surface area contributed by atoms with Crippen LogP contribution < -0.4 is 5.32 Å². The second-order valence-electron chi connectivity index (χ2n) is 5.19. The molecule has 1 saturated carbocycles. The average molecular weight is 260 g/mol. The van der Waals surface area contributed by atoms with Crippen molar-refractivity contribution in [2.45, 2.75) is 26.2 Å². The number of fused-ring (bicyclic) bond motifs is 1. The number of rotatable bonds is 7. The Labute approximate surface area is 113 Å². The van der Waals surface area contributed by atoms with Crippen molar-refractivity contribution < 1.29 is 4.74 Å². The molecule has 0 spiro atoms. The number of aromatic nitrogens is 3. The van der Waals surface area contributed by atoms with Crippen molar-refractivity contribution in [2.24, 2.45) is 5.92 Å². The Morgan fingerprint density at radius 1 is 1.47 bits per heavy atom. The highest BCUT2D eigenvalue weighted by Crippen LogP contribution is 2.28. The zero-order chi connectivity index (χ0) is 13.1. The van der Waals surface area contributed by atoms with Gasteiger partial charge >= 0.3 is 0 Å². The normalized spacial score (nSPS) is 15.0. The highest BCUT2D eigenvalue weighted by Gasteiger charge is 2.20. The molecule has 0 amide bonds. The average Bonchev–Trinajstić information content (AvgIpc) is 3.12. The molecule has 0 radical (unpaired) electrons. The number of nitrogens with one attached hydrogen (secondary N) is 1. The third-order valence-electron chi connectivity index (χ3n) is 3.36. The van der Waals surface area contributed by atoms with E-state index in [9.17, 15) is 0 Å². The van der Waals surface area contributed by atoms with Gasteiger partial charge in [0.2, 0.25) is 5.95 Å². The molecular formula is C14H20N4O. The maximum atomic E-state index is 5.59. The number of hydrogen-bond acceptors (Lipinski definition) is 4. The van der Waals surface area contributed by atoms with Crippen LogP contribution in [0.4, 0.5) is 5.95 Å². The zero-order valence-corrected chi connectivity index (χ0v) is 11.3. The molecule has 0 saturated heterocycles. The Hall–Kier alpha value is -1.62. The van der Waals surface area contributed by atoms with Crippen molar-refractivity contribution in [3.8, 4) is 0 Å². The lowest BCUT2D eigenvalue weighted by Crippen LogP contribution is -2.07. The van der Waals surface area contributed by atoms with Gasteiger partial charge in [0.25, 0.3) is 0 Å². The van der Waals surface area contributed by atoms with Crippen LogP contribution in [0, 0.1) is 12.8 Å². The predicted octanol–water partition coefficient (Wildman–Crippen LogP) is 2.27. The molecule has 2 aromatic rings. The van der Waals surface area contributed by atoms with Gasteiger partial charge in [0.1, 0.15) is 0 Å². The molecule has 0 unspecified atom stereocenters. The summed E-state index contributed by atoms with van der Waals surface area (Å²) >= 11 is 0. The van der Waals surface area contributed by atoms with Crippen molar-refractivity contribution in [2.75, 3.05) is 25.1 Å². The second-order valence-corrected chi connectivity index (χ2v) is 5.19. The van der Waals surface area contributed by atoms with Crippen LogP contribution in [0.2, 0.25) is 0 Å². The minimum absolute atomic E-state index is 0.691. The number of nitrogens with zero attached hydrogens (tertiary/aromatic N) is 3. The first-order valence-electron chi connectivity index (χ1n) is 6.96. The Kier molecular flexibility index (Phi) is 3.64. The molecule has 2 aromatic heterocycles. The van der Waals surface area contributed by atoms with Crippen LogP contribution in [0.25, 0.3) is 5.65 Å². The number of hydrogen-bond donors (Lipinski definition) is 1. The summed E-state index contributed by atoms with van der Waals surface area (Å²) in [6, 6.07) is 4.02. The number of aryl methyl sites for hydroxylation is 1. The fourth-order valence-electron chi connectivity index (χ4n) is 2.02. The van der Waals surface area contributed by atoms with Crippen molar-refractivity contribution >= 4 is 11.6 Å². The SMILES string of the molecule is Cc1cccn2nc(NCCCOCC3CC3)nc12. The summed E-state index contributed by atoms with van der Waals surface area (Å²) in [7, 11) is 0. The first-order chi connectivity index (χ1) is 9.33. The van der Waals surface area contributed by atoms with E-state index in [-0.39, 0.29) is 0 Å². The Morgan fingerprint density at radius 3 is 3.16 bits per heavy atom. The van der Waals surface area contributed by atoms with Crippen LogP contribution in [0.3, 0.4) is 0 Å². The van der Waals surface area contributed by atoms with E-state index in [1.54, 1.807) is 4.52 Å². The van der Waals surface area contributed by atoms with Crippen LogP contribution in [0.5, 0.6) is 0 Å². The molecule has 0 atom stereocenters. The summed E-state index contributed by atoms with van der Waals surface area (Å²) in [5.74, 6) is 1.53. The van der Waals surface area contributed by atoms with Gasteiger partial charge in [-0.1, -0.05) is 6.07 Å². The third kappa shape index (κ3) is 3.23. The van der Waals surface area contributed by atoms with E-state index in [1.165, 1.54) is 12.8 Å². The standard InChI is InChI=1S/C14H20N4O/c1-11-4-2-8-18-13(11)16-14(17-18)15-7-3-9-19-10-12-5-6-12/h2,4,8,12H,3,5-7,9-10H2,1H3,(H,15,17). The minimum atomic E-state index is 0.691. The van der Waals surface area contributed by atoms with Gasteiger partial charge < -0.3 is 10.1 Å².